The molecule has 0 aromatic carbocycles. The molecule has 0 spiro atoms. The first-order valence-corrected chi connectivity index (χ1v) is 7.65. The highest BCUT2D eigenvalue weighted by molar-refractivity contribution is 5.94. The second kappa shape index (κ2) is 4.29. The molecule has 0 unspecified atom stereocenters. The molecule has 3 aliphatic rings. The number of aromatic nitrogens is 1. The van der Waals surface area contributed by atoms with Gasteiger partial charge in [0.25, 0.3) is 5.91 Å². The predicted octanol–water partition coefficient (Wildman–Crippen LogP) is 1.83. The molecule has 1 N–H and O–H groups in total. The Morgan fingerprint density at radius 1 is 1.50 bits per heavy atom. The van der Waals surface area contributed by atoms with E-state index in [1.54, 1.807) is 12.4 Å². The number of hydrogen-bond donors (Lipinski definition) is 1. The number of nitrogens with one attached hydrogen (secondary N) is 1. The van der Waals surface area contributed by atoms with Gasteiger partial charge in [0.2, 0.25) is 0 Å². The molecular weight excluding hydrogens is 250 g/mol. The smallest absolute Gasteiger partial charge is 0.255 e. The first kappa shape index (κ1) is 12.3. The molecule has 1 aromatic heterocycles. The largest absolute Gasteiger partial charge is 0.333 e. The number of piperidine rings is 1. The van der Waals surface area contributed by atoms with Crippen molar-refractivity contribution in [1.29, 1.82) is 0 Å². The van der Waals surface area contributed by atoms with Gasteiger partial charge in [0, 0.05) is 42.5 Å². The molecule has 3 heterocycles. The van der Waals surface area contributed by atoms with Crippen molar-refractivity contribution in [2.24, 2.45) is 5.41 Å². The van der Waals surface area contributed by atoms with Gasteiger partial charge < -0.3 is 10.2 Å². The quantitative estimate of drug-likeness (QED) is 0.847. The highest BCUT2D eigenvalue weighted by Gasteiger charge is 2.56. The molecule has 3 fully saturated rings. The van der Waals surface area contributed by atoms with E-state index in [-0.39, 0.29) is 11.3 Å². The molecule has 1 amide bonds. The van der Waals surface area contributed by atoms with Crippen LogP contribution in [0.5, 0.6) is 0 Å². The standard InChI is InChI=1S/C16H21N3O/c1-16-8-12-10-19(14(16)6-2-5-13(16)18-12)15(20)11-4-3-7-17-9-11/h3-4,7,9,12-14,18H,2,5-6,8,10H2,1H3/t12-,13-,14+,16-/m0/s1. The van der Waals surface area contributed by atoms with Gasteiger partial charge in [0.1, 0.15) is 0 Å². The van der Waals surface area contributed by atoms with Crippen molar-refractivity contribution in [3.63, 3.8) is 0 Å². The number of amides is 1. The van der Waals surface area contributed by atoms with Crippen LogP contribution in [0, 0.1) is 5.41 Å². The fraction of sp³-hybridized carbons (Fsp3) is 0.625. The average molecular weight is 271 g/mol. The van der Waals surface area contributed by atoms with Gasteiger partial charge in [-0.2, -0.15) is 0 Å². The summed E-state index contributed by atoms with van der Waals surface area (Å²) < 4.78 is 0. The van der Waals surface area contributed by atoms with Crippen molar-refractivity contribution in [1.82, 2.24) is 15.2 Å². The number of rotatable bonds is 1. The van der Waals surface area contributed by atoms with Crippen LogP contribution in [0.1, 0.15) is 43.0 Å². The third-order valence-electron chi connectivity index (χ3n) is 5.61. The maximum absolute atomic E-state index is 12.8. The van der Waals surface area contributed by atoms with E-state index < -0.39 is 0 Å². The number of carbonyl (C=O) groups excluding carboxylic acids is 1. The molecule has 4 heteroatoms. The van der Waals surface area contributed by atoms with Crippen LogP contribution in [0.15, 0.2) is 24.5 Å². The summed E-state index contributed by atoms with van der Waals surface area (Å²) in [5.41, 5.74) is 0.985. The Morgan fingerprint density at radius 2 is 2.40 bits per heavy atom. The summed E-state index contributed by atoms with van der Waals surface area (Å²) >= 11 is 0. The van der Waals surface area contributed by atoms with Gasteiger partial charge >= 0.3 is 0 Å². The van der Waals surface area contributed by atoms with Gasteiger partial charge in [-0.1, -0.05) is 6.92 Å². The summed E-state index contributed by atoms with van der Waals surface area (Å²) in [6.45, 7) is 3.22. The maximum atomic E-state index is 12.8. The van der Waals surface area contributed by atoms with Crippen LogP contribution >= 0.6 is 0 Å². The van der Waals surface area contributed by atoms with Crippen LogP contribution in [-0.4, -0.2) is 40.5 Å². The number of nitrogens with zero attached hydrogens (tertiary/aromatic N) is 2. The van der Waals surface area contributed by atoms with E-state index in [0.717, 1.165) is 18.5 Å². The van der Waals surface area contributed by atoms with E-state index in [9.17, 15) is 4.79 Å². The first-order chi connectivity index (χ1) is 9.68. The second-order valence-corrected chi connectivity index (χ2v) is 6.77. The van der Waals surface area contributed by atoms with E-state index in [1.165, 1.54) is 19.3 Å². The van der Waals surface area contributed by atoms with Crippen LogP contribution in [0.25, 0.3) is 0 Å². The summed E-state index contributed by atoms with van der Waals surface area (Å²) in [6.07, 6.45) is 8.26. The van der Waals surface area contributed by atoms with Crippen molar-refractivity contribution in [2.75, 3.05) is 6.54 Å². The van der Waals surface area contributed by atoms with Crippen LogP contribution in [0.4, 0.5) is 0 Å². The van der Waals surface area contributed by atoms with Gasteiger partial charge in [-0.25, -0.2) is 0 Å². The van der Waals surface area contributed by atoms with Gasteiger partial charge in [0.05, 0.1) is 5.56 Å². The third kappa shape index (κ3) is 1.64. The van der Waals surface area contributed by atoms with Gasteiger partial charge in [-0.3, -0.25) is 9.78 Å². The van der Waals surface area contributed by atoms with Crippen molar-refractivity contribution < 1.29 is 4.79 Å². The lowest BCUT2D eigenvalue weighted by Crippen LogP contribution is -2.57. The number of fused-ring (bicyclic) bond motifs is 1. The summed E-state index contributed by atoms with van der Waals surface area (Å²) in [7, 11) is 0. The molecule has 0 radical (unpaired) electrons. The first-order valence-electron chi connectivity index (χ1n) is 7.65. The SMILES string of the molecule is C[C@@]12C[C@H]3CN(C(=O)c4cccnc4)[C@@H]1CCC[C@@H]2N3. The Balaban J connectivity index is 1.68. The van der Waals surface area contributed by atoms with Crippen LogP contribution in [0.3, 0.4) is 0 Å². The van der Waals surface area contributed by atoms with E-state index in [2.05, 4.69) is 22.1 Å². The number of pyridine rings is 1. The van der Waals surface area contributed by atoms with Crippen LogP contribution < -0.4 is 5.32 Å². The normalized spacial score (nSPS) is 38.9. The minimum Gasteiger partial charge on any atom is -0.333 e. The lowest BCUT2D eigenvalue weighted by atomic mass is 9.66. The minimum absolute atomic E-state index is 0.156. The molecule has 106 valence electrons. The zero-order chi connectivity index (χ0) is 13.7. The summed E-state index contributed by atoms with van der Waals surface area (Å²) in [4.78, 5) is 19.0. The Bertz CT molecular complexity index is 532. The summed E-state index contributed by atoms with van der Waals surface area (Å²) in [6, 6.07) is 5.18. The van der Waals surface area contributed by atoms with E-state index >= 15 is 0 Å². The fourth-order valence-corrected chi connectivity index (χ4v) is 4.71. The molecule has 2 bridgehead atoms. The zero-order valence-corrected chi connectivity index (χ0v) is 11.9. The number of hydrogen-bond acceptors (Lipinski definition) is 3. The van der Waals surface area contributed by atoms with Crippen LogP contribution in [0.2, 0.25) is 0 Å². The second-order valence-electron chi connectivity index (χ2n) is 6.77. The number of likely N-dealkylation sites (tertiary alicyclic amines) is 1. The van der Waals surface area contributed by atoms with Gasteiger partial charge in [-0.05, 0) is 37.8 Å². The molecule has 2 aliphatic heterocycles. The molecule has 1 saturated carbocycles. The van der Waals surface area contributed by atoms with Gasteiger partial charge in [-0.15, -0.1) is 0 Å². The molecule has 2 saturated heterocycles. The van der Waals surface area contributed by atoms with Crippen molar-refractivity contribution in [2.45, 2.75) is 50.7 Å². The van der Waals surface area contributed by atoms with Crippen LogP contribution in [-0.2, 0) is 0 Å². The average Bonchev–Trinajstić information content (AvgIpc) is 2.80. The summed E-state index contributed by atoms with van der Waals surface area (Å²) in [5.74, 6) is 0.156. The highest BCUT2D eigenvalue weighted by atomic mass is 16.2. The lowest BCUT2D eigenvalue weighted by Gasteiger charge is -2.50. The minimum atomic E-state index is 0.156. The van der Waals surface area contributed by atoms with Gasteiger partial charge in [0.15, 0.2) is 0 Å². The Kier molecular flexibility index (Phi) is 2.64. The third-order valence-corrected chi connectivity index (χ3v) is 5.61. The predicted molar refractivity (Wildman–Crippen MR) is 76.3 cm³/mol. The van der Waals surface area contributed by atoms with E-state index in [4.69, 9.17) is 0 Å². The fourth-order valence-electron chi connectivity index (χ4n) is 4.71. The van der Waals surface area contributed by atoms with Crippen molar-refractivity contribution in [3.05, 3.63) is 30.1 Å². The molecule has 20 heavy (non-hydrogen) atoms. The molecule has 4 rings (SSSR count). The molecule has 4 atom stereocenters. The monoisotopic (exact) mass is 271 g/mol. The Hall–Kier alpha value is -1.42. The number of carbonyl (C=O) groups is 1. The topological polar surface area (TPSA) is 45.2 Å². The molecule has 1 aromatic rings. The van der Waals surface area contributed by atoms with E-state index in [1.807, 2.05) is 12.1 Å². The van der Waals surface area contributed by atoms with Crippen molar-refractivity contribution >= 4 is 5.91 Å². The Labute approximate surface area is 119 Å². The summed E-state index contributed by atoms with van der Waals surface area (Å²) in [5, 5.41) is 3.75. The van der Waals surface area contributed by atoms with Crippen molar-refractivity contribution in [3.8, 4) is 0 Å². The highest BCUT2D eigenvalue weighted by Crippen LogP contribution is 2.50. The lowest BCUT2D eigenvalue weighted by molar-refractivity contribution is 0.0130. The van der Waals surface area contributed by atoms with E-state index in [0.29, 0.717) is 18.1 Å². The molecular formula is C16H21N3O. The maximum Gasteiger partial charge on any atom is 0.255 e. The Morgan fingerprint density at radius 3 is 3.20 bits per heavy atom. The molecule has 4 nitrogen and oxygen atoms in total. The zero-order valence-electron chi connectivity index (χ0n) is 11.9. The molecule has 1 aliphatic carbocycles.